The molecule has 4 aliphatic rings. The average molecular weight is 489 g/mol. The summed E-state index contributed by atoms with van der Waals surface area (Å²) < 4.78 is 22.6. The number of Topliss-reactive ketones (excluding diaryl/α,β-unsaturated/α-hetero) is 1. The quantitative estimate of drug-likeness (QED) is 0.211. The Kier molecular flexibility index (Phi) is 7.08. The Bertz CT molecular complexity index is 953. The highest BCUT2D eigenvalue weighted by Crippen LogP contribution is 2.68. The lowest BCUT2D eigenvalue weighted by Crippen LogP contribution is -2.63. The van der Waals surface area contributed by atoms with E-state index in [4.69, 9.17) is 18.9 Å². The second-order valence-corrected chi connectivity index (χ2v) is 10.7. The molecule has 0 amide bonds. The summed E-state index contributed by atoms with van der Waals surface area (Å²) in [7, 11) is 0. The maximum absolute atomic E-state index is 13.7. The molecule has 0 heterocycles. The molecule has 192 valence electrons. The van der Waals surface area contributed by atoms with Crippen LogP contribution in [0.1, 0.15) is 59.8 Å². The van der Waals surface area contributed by atoms with E-state index in [-0.39, 0.29) is 42.7 Å². The first-order valence-electron chi connectivity index (χ1n) is 12.5. The van der Waals surface area contributed by atoms with E-state index in [9.17, 15) is 19.2 Å². The topological polar surface area (TPSA) is 105 Å². The van der Waals surface area contributed by atoms with Gasteiger partial charge in [0.1, 0.15) is 18.5 Å². The molecule has 4 aliphatic carbocycles. The van der Waals surface area contributed by atoms with E-state index < -0.39 is 28.5 Å². The SMILES string of the molecule is CCOCO[C@]1(C(=O)COC(C)=O)CC[C@H]2[C@@H]3CCC4=CC(=O)C=C[C@]4(C)[C@H]3C(OC=O)C[C@@]21C. The fourth-order valence-corrected chi connectivity index (χ4v) is 7.76. The Hall–Kier alpha value is -2.32. The summed E-state index contributed by atoms with van der Waals surface area (Å²) in [5, 5.41) is 0. The third kappa shape index (κ3) is 4.08. The van der Waals surface area contributed by atoms with Gasteiger partial charge in [-0.15, -0.1) is 0 Å². The Labute approximate surface area is 206 Å². The van der Waals surface area contributed by atoms with Gasteiger partial charge in [-0.1, -0.05) is 25.5 Å². The zero-order valence-corrected chi connectivity index (χ0v) is 21.0. The van der Waals surface area contributed by atoms with E-state index in [1.54, 1.807) is 12.2 Å². The number of hydrogen-bond acceptors (Lipinski definition) is 8. The maximum Gasteiger partial charge on any atom is 0.303 e. The molecule has 3 fully saturated rings. The molecule has 1 unspecified atom stereocenters. The van der Waals surface area contributed by atoms with Gasteiger partial charge in [0.25, 0.3) is 6.47 Å². The fraction of sp³-hybridized carbons (Fsp3) is 0.704. The minimum atomic E-state index is -1.22. The van der Waals surface area contributed by atoms with Crippen LogP contribution in [0.3, 0.4) is 0 Å². The Balaban J connectivity index is 1.74. The number of fused-ring (bicyclic) bond motifs is 5. The summed E-state index contributed by atoms with van der Waals surface area (Å²) in [6, 6.07) is 0. The molecule has 0 aliphatic heterocycles. The van der Waals surface area contributed by atoms with Crippen LogP contribution in [-0.2, 0) is 38.1 Å². The lowest BCUT2D eigenvalue weighted by atomic mass is 9.46. The number of allylic oxidation sites excluding steroid dienone is 4. The average Bonchev–Trinajstić information content (AvgIpc) is 3.11. The van der Waals surface area contributed by atoms with Crippen LogP contribution < -0.4 is 0 Å². The van der Waals surface area contributed by atoms with Crippen LogP contribution >= 0.6 is 0 Å². The van der Waals surface area contributed by atoms with Crippen LogP contribution in [-0.4, -0.2) is 55.7 Å². The zero-order chi connectivity index (χ0) is 25.4. The summed E-state index contributed by atoms with van der Waals surface area (Å²) in [5.74, 6) is -0.538. The zero-order valence-electron chi connectivity index (χ0n) is 21.0. The van der Waals surface area contributed by atoms with Crippen molar-refractivity contribution in [3.8, 4) is 0 Å². The molecule has 0 aromatic heterocycles. The van der Waals surface area contributed by atoms with Crippen molar-refractivity contribution in [1.82, 2.24) is 0 Å². The highest BCUT2D eigenvalue weighted by molar-refractivity contribution is 6.01. The van der Waals surface area contributed by atoms with Crippen LogP contribution in [0.5, 0.6) is 0 Å². The van der Waals surface area contributed by atoms with Crippen molar-refractivity contribution in [3.05, 3.63) is 23.8 Å². The summed E-state index contributed by atoms with van der Waals surface area (Å²) in [4.78, 5) is 48.9. The summed E-state index contributed by atoms with van der Waals surface area (Å²) >= 11 is 0. The molecule has 0 aromatic rings. The van der Waals surface area contributed by atoms with Gasteiger partial charge in [-0.25, -0.2) is 0 Å². The summed E-state index contributed by atoms with van der Waals surface area (Å²) in [6.45, 7) is 7.81. The van der Waals surface area contributed by atoms with Gasteiger partial charge in [0.15, 0.2) is 12.4 Å². The fourth-order valence-electron chi connectivity index (χ4n) is 7.76. The molecule has 3 saturated carbocycles. The standard InChI is InChI=1S/C27H36O8/c1-5-32-16-35-27(23(31)14-33-17(2)29)11-9-21-20-7-6-18-12-19(30)8-10-25(18,3)24(20)22(34-15-28)13-26(21,27)4/h8,10,12,15,20-22,24H,5-7,9,11,13-14,16H2,1-4H3/t20-,21-,22?,24+,25-,26-,27-/m0/s1. The van der Waals surface area contributed by atoms with Crippen LogP contribution in [0.15, 0.2) is 23.8 Å². The van der Waals surface area contributed by atoms with E-state index in [0.717, 1.165) is 24.8 Å². The lowest BCUT2D eigenvalue weighted by Gasteiger charge is -2.60. The van der Waals surface area contributed by atoms with Crippen molar-refractivity contribution in [1.29, 1.82) is 0 Å². The molecule has 35 heavy (non-hydrogen) atoms. The number of carbonyl (C=O) groups excluding carboxylic acids is 4. The largest absolute Gasteiger partial charge is 0.464 e. The van der Waals surface area contributed by atoms with Gasteiger partial charge < -0.3 is 18.9 Å². The van der Waals surface area contributed by atoms with Gasteiger partial charge in [0.2, 0.25) is 5.78 Å². The van der Waals surface area contributed by atoms with Crippen LogP contribution in [0.2, 0.25) is 0 Å². The Morgan fingerprint density at radius 3 is 2.69 bits per heavy atom. The van der Waals surface area contributed by atoms with Crippen molar-refractivity contribution in [2.45, 2.75) is 71.5 Å². The molecule has 0 radical (unpaired) electrons. The number of rotatable bonds is 9. The first-order chi connectivity index (χ1) is 16.6. The van der Waals surface area contributed by atoms with Crippen LogP contribution in [0.25, 0.3) is 0 Å². The number of esters is 1. The van der Waals surface area contributed by atoms with Crippen molar-refractivity contribution in [2.24, 2.45) is 28.6 Å². The molecular weight excluding hydrogens is 452 g/mol. The molecule has 4 rings (SSSR count). The molecule has 7 atom stereocenters. The van der Waals surface area contributed by atoms with Crippen molar-refractivity contribution in [2.75, 3.05) is 20.0 Å². The third-order valence-corrected chi connectivity index (χ3v) is 9.27. The monoisotopic (exact) mass is 488 g/mol. The Morgan fingerprint density at radius 1 is 1.23 bits per heavy atom. The third-order valence-electron chi connectivity index (χ3n) is 9.27. The van der Waals surface area contributed by atoms with E-state index in [1.807, 2.05) is 19.9 Å². The van der Waals surface area contributed by atoms with Crippen molar-refractivity contribution in [3.63, 3.8) is 0 Å². The minimum Gasteiger partial charge on any atom is -0.464 e. The first-order valence-corrected chi connectivity index (χ1v) is 12.5. The smallest absolute Gasteiger partial charge is 0.303 e. The highest BCUT2D eigenvalue weighted by Gasteiger charge is 2.70. The lowest BCUT2D eigenvalue weighted by molar-refractivity contribution is -0.220. The van der Waals surface area contributed by atoms with Gasteiger partial charge in [-0.3, -0.25) is 19.2 Å². The molecular formula is C27H36O8. The van der Waals surface area contributed by atoms with Crippen LogP contribution in [0, 0.1) is 28.6 Å². The van der Waals surface area contributed by atoms with Gasteiger partial charge in [-0.2, -0.15) is 0 Å². The number of ketones is 2. The number of ether oxygens (including phenoxy) is 4. The highest BCUT2D eigenvalue weighted by atomic mass is 16.7. The van der Waals surface area contributed by atoms with Crippen molar-refractivity contribution >= 4 is 24.0 Å². The van der Waals surface area contributed by atoms with Crippen LogP contribution in [0.4, 0.5) is 0 Å². The molecule has 0 N–H and O–H groups in total. The molecule has 0 saturated heterocycles. The number of hydrogen-bond donors (Lipinski definition) is 0. The predicted octanol–water partition coefficient (Wildman–Crippen LogP) is 3.33. The van der Waals surface area contributed by atoms with Gasteiger partial charge in [0.05, 0.1) is 0 Å². The van der Waals surface area contributed by atoms with E-state index >= 15 is 0 Å². The second kappa shape index (κ2) is 9.62. The molecule has 0 aromatic carbocycles. The molecule has 8 nitrogen and oxygen atoms in total. The van der Waals surface area contributed by atoms with Gasteiger partial charge in [-0.05, 0) is 63.0 Å². The predicted molar refractivity (Wildman–Crippen MR) is 125 cm³/mol. The van der Waals surface area contributed by atoms with E-state index in [2.05, 4.69) is 6.92 Å². The summed E-state index contributed by atoms with van der Waals surface area (Å²) in [5.41, 5.74) is -1.18. The van der Waals surface area contributed by atoms with Gasteiger partial charge in [0, 0.05) is 30.3 Å². The first kappa shape index (κ1) is 25.8. The Morgan fingerprint density at radius 2 is 2.00 bits per heavy atom. The normalized spacial score (nSPS) is 39.7. The van der Waals surface area contributed by atoms with Gasteiger partial charge >= 0.3 is 5.97 Å². The maximum atomic E-state index is 13.7. The second-order valence-electron chi connectivity index (χ2n) is 10.7. The van der Waals surface area contributed by atoms with Crippen molar-refractivity contribution < 1.29 is 38.1 Å². The summed E-state index contributed by atoms with van der Waals surface area (Å²) in [6.07, 6.45) is 8.16. The molecule has 0 spiro atoms. The van der Waals surface area contributed by atoms with E-state index in [0.29, 0.717) is 25.9 Å². The minimum absolute atomic E-state index is 0.00953. The molecule has 8 heteroatoms. The van der Waals surface area contributed by atoms with E-state index in [1.165, 1.54) is 6.92 Å². The number of carbonyl (C=O) groups is 4. The molecule has 0 bridgehead atoms.